The standard InChI is InChI=1S/C12H14O3/c13-12(14)11-8-4-7-10(15-11)9-5-2-1-3-6-9/h1-3,5-6,10-11H,4,7-8H2,(H,13,14). The van der Waals surface area contributed by atoms with E-state index < -0.39 is 12.1 Å². The third kappa shape index (κ3) is 2.36. The van der Waals surface area contributed by atoms with Crippen molar-refractivity contribution in [1.82, 2.24) is 0 Å². The Labute approximate surface area is 88.7 Å². The molecule has 1 aromatic carbocycles. The molecule has 15 heavy (non-hydrogen) atoms. The van der Waals surface area contributed by atoms with Crippen LogP contribution < -0.4 is 0 Å². The molecule has 0 aromatic heterocycles. The van der Waals surface area contributed by atoms with Crippen LogP contribution in [0.3, 0.4) is 0 Å². The van der Waals surface area contributed by atoms with Gasteiger partial charge in [0.25, 0.3) is 0 Å². The SMILES string of the molecule is O=C(O)C1CCCC(c2ccccc2)O1. The van der Waals surface area contributed by atoms with Crippen molar-refractivity contribution >= 4 is 5.97 Å². The Kier molecular flexibility index (Phi) is 3.02. The zero-order valence-corrected chi connectivity index (χ0v) is 8.43. The average molecular weight is 206 g/mol. The summed E-state index contributed by atoms with van der Waals surface area (Å²) in [5, 5.41) is 8.88. The molecule has 0 amide bonds. The minimum absolute atomic E-state index is 0.0546. The first-order valence-electron chi connectivity index (χ1n) is 5.20. The molecule has 0 aliphatic carbocycles. The number of rotatable bonds is 2. The summed E-state index contributed by atoms with van der Waals surface area (Å²) in [5.74, 6) is -0.851. The number of hydrogen-bond donors (Lipinski definition) is 1. The summed E-state index contributed by atoms with van der Waals surface area (Å²) in [7, 11) is 0. The molecule has 1 saturated heterocycles. The van der Waals surface area contributed by atoms with Gasteiger partial charge in [0.2, 0.25) is 0 Å². The maximum Gasteiger partial charge on any atom is 0.332 e. The maximum atomic E-state index is 10.8. The number of benzene rings is 1. The van der Waals surface area contributed by atoms with Crippen LogP contribution in [0.15, 0.2) is 30.3 Å². The van der Waals surface area contributed by atoms with E-state index >= 15 is 0 Å². The van der Waals surface area contributed by atoms with Gasteiger partial charge in [0.15, 0.2) is 6.10 Å². The van der Waals surface area contributed by atoms with Crippen molar-refractivity contribution in [3.63, 3.8) is 0 Å². The highest BCUT2D eigenvalue weighted by Gasteiger charge is 2.28. The molecule has 2 rings (SSSR count). The summed E-state index contributed by atoms with van der Waals surface area (Å²) in [4.78, 5) is 10.8. The predicted molar refractivity (Wildman–Crippen MR) is 55.5 cm³/mol. The lowest BCUT2D eigenvalue weighted by molar-refractivity contribution is -0.159. The first-order chi connectivity index (χ1) is 7.27. The van der Waals surface area contributed by atoms with Gasteiger partial charge >= 0.3 is 5.97 Å². The van der Waals surface area contributed by atoms with E-state index in [0.29, 0.717) is 6.42 Å². The number of carboxylic acid groups (broad SMARTS) is 1. The predicted octanol–water partition coefficient (Wildman–Crippen LogP) is 2.38. The van der Waals surface area contributed by atoms with Crippen molar-refractivity contribution in [1.29, 1.82) is 0 Å². The topological polar surface area (TPSA) is 46.5 Å². The number of carbonyl (C=O) groups is 1. The zero-order chi connectivity index (χ0) is 10.7. The van der Waals surface area contributed by atoms with Crippen LogP contribution in [0.5, 0.6) is 0 Å². The number of aliphatic carboxylic acids is 1. The van der Waals surface area contributed by atoms with Gasteiger partial charge in [-0.05, 0) is 24.8 Å². The van der Waals surface area contributed by atoms with Crippen LogP contribution in [0.2, 0.25) is 0 Å². The molecule has 3 nitrogen and oxygen atoms in total. The summed E-state index contributed by atoms with van der Waals surface area (Å²) in [6.45, 7) is 0. The first kappa shape index (κ1) is 10.2. The van der Waals surface area contributed by atoms with Crippen LogP contribution in [0.4, 0.5) is 0 Å². The molecular formula is C12H14O3. The van der Waals surface area contributed by atoms with Crippen LogP contribution in [0.1, 0.15) is 30.9 Å². The fraction of sp³-hybridized carbons (Fsp3) is 0.417. The van der Waals surface area contributed by atoms with Crippen molar-refractivity contribution in [3.8, 4) is 0 Å². The minimum atomic E-state index is -0.851. The van der Waals surface area contributed by atoms with Crippen molar-refractivity contribution in [2.45, 2.75) is 31.5 Å². The quantitative estimate of drug-likeness (QED) is 0.808. The van der Waals surface area contributed by atoms with Gasteiger partial charge in [-0.2, -0.15) is 0 Å². The third-order valence-electron chi connectivity index (χ3n) is 2.71. The Bertz CT molecular complexity index is 334. The lowest BCUT2D eigenvalue weighted by atomic mass is 9.98. The Hall–Kier alpha value is -1.35. The van der Waals surface area contributed by atoms with Gasteiger partial charge in [-0.25, -0.2) is 4.79 Å². The van der Waals surface area contributed by atoms with E-state index in [1.54, 1.807) is 0 Å². The fourth-order valence-electron chi connectivity index (χ4n) is 1.92. The van der Waals surface area contributed by atoms with Crippen molar-refractivity contribution < 1.29 is 14.6 Å². The molecule has 1 aliphatic rings. The fourth-order valence-corrected chi connectivity index (χ4v) is 1.92. The molecular weight excluding hydrogens is 192 g/mol. The van der Waals surface area contributed by atoms with Gasteiger partial charge in [-0.1, -0.05) is 30.3 Å². The molecule has 0 bridgehead atoms. The molecule has 0 saturated carbocycles. The molecule has 2 unspecified atom stereocenters. The normalized spacial score (nSPS) is 26.1. The molecule has 1 aliphatic heterocycles. The Morgan fingerprint density at radius 2 is 2.00 bits per heavy atom. The van der Waals surface area contributed by atoms with Crippen LogP contribution in [0.25, 0.3) is 0 Å². The van der Waals surface area contributed by atoms with Gasteiger partial charge in [-0.15, -0.1) is 0 Å². The number of carboxylic acids is 1. The first-order valence-corrected chi connectivity index (χ1v) is 5.20. The smallest absolute Gasteiger partial charge is 0.332 e. The van der Waals surface area contributed by atoms with E-state index in [-0.39, 0.29) is 6.10 Å². The number of hydrogen-bond acceptors (Lipinski definition) is 2. The summed E-state index contributed by atoms with van der Waals surface area (Å²) in [5.41, 5.74) is 1.07. The molecule has 3 heteroatoms. The maximum absolute atomic E-state index is 10.8. The third-order valence-corrected chi connectivity index (χ3v) is 2.71. The second-order valence-corrected chi connectivity index (χ2v) is 3.79. The number of ether oxygens (including phenoxy) is 1. The molecule has 1 heterocycles. The van der Waals surface area contributed by atoms with E-state index in [0.717, 1.165) is 18.4 Å². The highest BCUT2D eigenvalue weighted by Crippen LogP contribution is 2.30. The zero-order valence-electron chi connectivity index (χ0n) is 8.43. The molecule has 2 atom stereocenters. The van der Waals surface area contributed by atoms with Crippen molar-refractivity contribution in [3.05, 3.63) is 35.9 Å². The Morgan fingerprint density at radius 1 is 1.27 bits per heavy atom. The monoisotopic (exact) mass is 206 g/mol. The van der Waals surface area contributed by atoms with Gasteiger partial charge < -0.3 is 9.84 Å². The van der Waals surface area contributed by atoms with Gasteiger partial charge in [0.1, 0.15) is 0 Å². The summed E-state index contributed by atoms with van der Waals surface area (Å²) in [6.07, 6.45) is 1.76. The Balaban J connectivity index is 2.08. The molecule has 0 spiro atoms. The van der Waals surface area contributed by atoms with E-state index in [1.807, 2.05) is 30.3 Å². The van der Waals surface area contributed by atoms with Gasteiger partial charge in [0.05, 0.1) is 6.10 Å². The lowest BCUT2D eigenvalue weighted by Crippen LogP contribution is -2.29. The van der Waals surface area contributed by atoms with E-state index in [4.69, 9.17) is 9.84 Å². The van der Waals surface area contributed by atoms with Crippen molar-refractivity contribution in [2.75, 3.05) is 0 Å². The summed E-state index contributed by atoms with van der Waals surface area (Å²) in [6, 6.07) is 9.80. The molecule has 1 aromatic rings. The summed E-state index contributed by atoms with van der Waals surface area (Å²) < 4.78 is 5.53. The van der Waals surface area contributed by atoms with E-state index in [2.05, 4.69) is 0 Å². The molecule has 0 radical (unpaired) electrons. The van der Waals surface area contributed by atoms with Crippen LogP contribution >= 0.6 is 0 Å². The Morgan fingerprint density at radius 3 is 2.67 bits per heavy atom. The van der Waals surface area contributed by atoms with Gasteiger partial charge in [0, 0.05) is 0 Å². The van der Waals surface area contributed by atoms with Crippen molar-refractivity contribution in [2.24, 2.45) is 0 Å². The molecule has 80 valence electrons. The van der Waals surface area contributed by atoms with Gasteiger partial charge in [-0.3, -0.25) is 0 Å². The van der Waals surface area contributed by atoms with E-state index in [1.165, 1.54) is 0 Å². The van der Waals surface area contributed by atoms with Crippen LogP contribution in [-0.4, -0.2) is 17.2 Å². The van der Waals surface area contributed by atoms with Crippen LogP contribution in [-0.2, 0) is 9.53 Å². The largest absolute Gasteiger partial charge is 0.479 e. The second kappa shape index (κ2) is 4.45. The minimum Gasteiger partial charge on any atom is -0.479 e. The second-order valence-electron chi connectivity index (χ2n) is 3.79. The van der Waals surface area contributed by atoms with E-state index in [9.17, 15) is 4.79 Å². The molecule has 1 fully saturated rings. The summed E-state index contributed by atoms with van der Waals surface area (Å²) >= 11 is 0. The highest BCUT2D eigenvalue weighted by molar-refractivity contribution is 5.72. The lowest BCUT2D eigenvalue weighted by Gasteiger charge is -2.27. The highest BCUT2D eigenvalue weighted by atomic mass is 16.5. The average Bonchev–Trinajstić information content (AvgIpc) is 2.30. The molecule has 1 N–H and O–H groups in total. The van der Waals surface area contributed by atoms with Crippen LogP contribution in [0, 0.1) is 0 Å².